The van der Waals surface area contributed by atoms with E-state index in [9.17, 15) is 14.0 Å². The van der Waals surface area contributed by atoms with E-state index in [2.05, 4.69) is 20.3 Å². The number of pyridine rings is 2. The zero-order valence-corrected chi connectivity index (χ0v) is 17.0. The molecule has 5 aromatic rings. The fourth-order valence-electron chi connectivity index (χ4n) is 3.47. The van der Waals surface area contributed by atoms with Gasteiger partial charge in [0.2, 0.25) is 5.56 Å². The number of aromatic amines is 1. The summed E-state index contributed by atoms with van der Waals surface area (Å²) in [5, 5.41) is 18.1. The number of aromatic nitrogens is 5. The van der Waals surface area contributed by atoms with Gasteiger partial charge in [0.15, 0.2) is 5.65 Å². The number of H-pyrrole nitrogens is 1. The SMILES string of the molecule is O=C(O)c1ccc(-c2ccc3nnn(Cc4cc5ccc(=O)[nH]c5cc4F)c3n2)cc1Cl. The van der Waals surface area contributed by atoms with Crippen molar-refractivity contribution in [2.24, 2.45) is 0 Å². The van der Waals surface area contributed by atoms with Crippen LogP contribution in [0.25, 0.3) is 33.3 Å². The fraction of sp³-hybridized carbons (Fsp3) is 0.0455. The first-order valence-electron chi connectivity index (χ1n) is 9.44. The van der Waals surface area contributed by atoms with Crippen LogP contribution in [0.4, 0.5) is 4.39 Å². The molecule has 0 aliphatic carbocycles. The summed E-state index contributed by atoms with van der Waals surface area (Å²) >= 11 is 6.08. The summed E-state index contributed by atoms with van der Waals surface area (Å²) in [6.07, 6.45) is 0. The lowest BCUT2D eigenvalue weighted by molar-refractivity contribution is 0.0697. The van der Waals surface area contributed by atoms with Crippen molar-refractivity contribution in [2.45, 2.75) is 6.54 Å². The van der Waals surface area contributed by atoms with Crippen molar-refractivity contribution in [2.75, 3.05) is 0 Å². The maximum Gasteiger partial charge on any atom is 0.337 e. The van der Waals surface area contributed by atoms with E-state index in [0.717, 1.165) is 0 Å². The van der Waals surface area contributed by atoms with Gasteiger partial charge in [-0.25, -0.2) is 18.9 Å². The van der Waals surface area contributed by atoms with E-state index in [4.69, 9.17) is 16.7 Å². The number of nitrogens with zero attached hydrogens (tertiary/aromatic N) is 4. The Morgan fingerprint density at radius 2 is 1.97 bits per heavy atom. The summed E-state index contributed by atoms with van der Waals surface area (Å²) < 4.78 is 16.1. The molecule has 32 heavy (non-hydrogen) atoms. The topological polar surface area (TPSA) is 114 Å². The van der Waals surface area contributed by atoms with Crippen molar-refractivity contribution in [1.82, 2.24) is 25.0 Å². The maximum absolute atomic E-state index is 14.7. The van der Waals surface area contributed by atoms with Crippen LogP contribution in [0.3, 0.4) is 0 Å². The van der Waals surface area contributed by atoms with Crippen molar-refractivity contribution in [3.8, 4) is 11.3 Å². The van der Waals surface area contributed by atoms with Gasteiger partial charge in [0.1, 0.15) is 11.3 Å². The van der Waals surface area contributed by atoms with Gasteiger partial charge in [-0.1, -0.05) is 22.9 Å². The summed E-state index contributed by atoms with van der Waals surface area (Å²) in [6, 6.07) is 13.9. The highest BCUT2D eigenvalue weighted by Gasteiger charge is 2.14. The maximum atomic E-state index is 14.7. The molecule has 5 rings (SSSR count). The third-order valence-electron chi connectivity index (χ3n) is 5.07. The van der Waals surface area contributed by atoms with Crippen molar-refractivity contribution >= 4 is 39.6 Å². The van der Waals surface area contributed by atoms with Crippen LogP contribution in [-0.2, 0) is 6.54 Å². The molecule has 3 heterocycles. The molecular formula is C22H13ClFN5O3. The molecule has 0 radical (unpaired) electrons. The van der Waals surface area contributed by atoms with E-state index in [1.54, 1.807) is 30.3 Å². The van der Waals surface area contributed by atoms with Crippen LogP contribution in [0.5, 0.6) is 0 Å². The number of rotatable bonds is 4. The molecule has 0 fully saturated rings. The molecule has 0 amide bonds. The van der Waals surface area contributed by atoms with Crippen LogP contribution in [0.15, 0.2) is 59.4 Å². The van der Waals surface area contributed by atoms with Gasteiger partial charge in [0.25, 0.3) is 0 Å². The predicted molar refractivity (Wildman–Crippen MR) is 116 cm³/mol. The second-order valence-corrected chi connectivity index (χ2v) is 7.55. The van der Waals surface area contributed by atoms with Crippen molar-refractivity contribution in [1.29, 1.82) is 0 Å². The molecule has 0 saturated heterocycles. The number of nitrogens with one attached hydrogen (secondary N) is 1. The summed E-state index contributed by atoms with van der Waals surface area (Å²) in [6.45, 7) is 0.0760. The molecule has 2 aromatic carbocycles. The molecule has 0 saturated carbocycles. The molecule has 0 spiro atoms. The van der Waals surface area contributed by atoms with E-state index in [-0.39, 0.29) is 22.7 Å². The quantitative estimate of drug-likeness (QED) is 0.430. The summed E-state index contributed by atoms with van der Waals surface area (Å²) in [4.78, 5) is 29.8. The van der Waals surface area contributed by atoms with Crippen molar-refractivity contribution in [3.63, 3.8) is 0 Å². The summed E-state index contributed by atoms with van der Waals surface area (Å²) in [7, 11) is 0. The zero-order valence-electron chi connectivity index (χ0n) is 16.2. The van der Waals surface area contributed by atoms with Gasteiger partial charge in [-0.2, -0.15) is 0 Å². The lowest BCUT2D eigenvalue weighted by Crippen LogP contribution is -2.07. The Morgan fingerprint density at radius 1 is 1.12 bits per heavy atom. The average Bonchev–Trinajstić information content (AvgIpc) is 3.16. The lowest BCUT2D eigenvalue weighted by atomic mass is 10.1. The van der Waals surface area contributed by atoms with Gasteiger partial charge in [0, 0.05) is 17.2 Å². The highest BCUT2D eigenvalue weighted by atomic mass is 35.5. The Labute approximate surface area is 183 Å². The summed E-state index contributed by atoms with van der Waals surface area (Å²) in [5.41, 5.74) is 2.57. The first kappa shape index (κ1) is 19.8. The van der Waals surface area contributed by atoms with Crippen LogP contribution in [0, 0.1) is 5.82 Å². The van der Waals surface area contributed by atoms with Crippen LogP contribution in [0.1, 0.15) is 15.9 Å². The monoisotopic (exact) mass is 449 g/mol. The zero-order chi connectivity index (χ0) is 22.4. The van der Waals surface area contributed by atoms with E-state index in [0.29, 0.717) is 38.9 Å². The fourth-order valence-corrected chi connectivity index (χ4v) is 3.74. The number of carboxylic acids is 1. The molecular weight excluding hydrogens is 437 g/mol. The number of carboxylic acid groups (broad SMARTS) is 1. The number of benzene rings is 2. The van der Waals surface area contributed by atoms with Crippen molar-refractivity contribution in [3.05, 3.63) is 86.9 Å². The minimum atomic E-state index is -1.12. The van der Waals surface area contributed by atoms with E-state index in [1.165, 1.54) is 28.9 Å². The molecule has 0 unspecified atom stereocenters. The first-order valence-corrected chi connectivity index (χ1v) is 9.82. The Balaban J connectivity index is 1.55. The second-order valence-electron chi connectivity index (χ2n) is 7.14. The Kier molecular flexibility index (Phi) is 4.67. The number of hydrogen-bond acceptors (Lipinski definition) is 5. The number of fused-ring (bicyclic) bond motifs is 2. The molecule has 158 valence electrons. The molecule has 0 atom stereocenters. The van der Waals surface area contributed by atoms with Crippen molar-refractivity contribution < 1.29 is 14.3 Å². The predicted octanol–water partition coefficient (Wildman–Crippen LogP) is 3.87. The van der Waals surface area contributed by atoms with Gasteiger partial charge in [0.05, 0.1) is 28.3 Å². The van der Waals surface area contributed by atoms with Gasteiger partial charge in [-0.05, 0) is 47.9 Å². The highest BCUT2D eigenvalue weighted by Crippen LogP contribution is 2.26. The molecule has 0 bridgehead atoms. The second kappa shape index (κ2) is 7.54. The van der Waals surface area contributed by atoms with Gasteiger partial charge in [-0.15, -0.1) is 5.10 Å². The number of halogens is 2. The van der Waals surface area contributed by atoms with Gasteiger partial charge >= 0.3 is 5.97 Å². The first-order chi connectivity index (χ1) is 15.4. The van der Waals surface area contributed by atoms with E-state index < -0.39 is 11.8 Å². The summed E-state index contributed by atoms with van der Waals surface area (Å²) in [5.74, 6) is -1.61. The number of hydrogen-bond donors (Lipinski definition) is 2. The van der Waals surface area contributed by atoms with Gasteiger partial charge in [-0.3, -0.25) is 4.79 Å². The van der Waals surface area contributed by atoms with E-state index >= 15 is 0 Å². The third kappa shape index (κ3) is 3.48. The van der Waals surface area contributed by atoms with Crippen LogP contribution in [0.2, 0.25) is 5.02 Å². The van der Waals surface area contributed by atoms with Gasteiger partial charge < -0.3 is 10.1 Å². The number of carbonyl (C=O) groups is 1. The van der Waals surface area contributed by atoms with Crippen LogP contribution < -0.4 is 5.56 Å². The minimum absolute atomic E-state index is 0.00340. The molecule has 10 heteroatoms. The third-order valence-corrected chi connectivity index (χ3v) is 5.38. The molecule has 8 nitrogen and oxygen atoms in total. The largest absolute Gasteiger partial charge is 0.478 e. The smallest absolute Gasteiger partial charge is 0.337 e. The van der Waals surface area contributed by atoms with Crippen LogP contribution >= 0.6 is 11.6 Å². The number of aromatic carboxylic acids is 1. The Hall–Kier alpha value is -4.11. The standard InChI is InChI=1S/C22H13ClFN5O3/c23-15-8-12(1-3-14(15)22(31)32)17-4-5-18-21(26-17)29(28-27-18)10-13-7-11-2-6-20(30)25-19(11)9-16(13)24/h1-9H,10H2,(H,25,30)(H,31,32). The Bertz CT molecular complexity index is 1590. The van der Waals surface area contributed by atoms with E-state index in [1.807, 2.05) is 0 Å². The molecule has 0 aliphatic rings. The molecule has 3 aromatic heterocycles. The van der Waals surface area contributed by atoms with Crippen LogP contribution in [-0.4, -0.2) is 36.0 Å². The lowest BCUT2D eigenvalue weighted by Gasteiger charge is -2.07. The highest BCUT2D eigenvalue weighted by molar-refractivity contribution is 6.33. The Morgan fingerprint density at radius 3 is 2.75 bits per heavy atom. The molecule has 0 aliphatic heterocycles. The average molecular weight is 450 g/mol. The normalized spacial score (nSPS) is 11.3. The minimum Gasteiger partial charge on any atom is -0.478 e. The molecule has 2 N–H and O–H groups in total.